The van der Waals surface area contributed by atoms with Gasteiger partial charge in [-0.1, -0.05) is 11.6 Å². The van der Waals surface area contributed by atoms with E-state index in [9.17, 15) is 4.79 Å². The molecule has 0 saturated heterocycles. The van der Waals surface area contributed by atoms with Gasteiger partial charge in [-0.15, -0.1) is 0 Å². The fourth-order valence-electron chi connectivity index (χ4n) is 1.66. The highest BCUT2D eigenvalue weighted by atomic mass is 35.5. The summed E-state index contributed by atoms with van der Waals surface area (Å²) in [5.74, 6) is 0.342. The van der Waals surface area contributed by atoms with Gasteiger partial charge in [0.1, 0.15) is 5.75 Å². The van der Waals surface area contributed by atoms with Crippen LogP contribution in [0, 0.1) is 0 Å². The number of ether oxygens (including phenoxy) is 1. The second kappa shape index (κ2) is 4.94. The van der Waals surface area contributed by atoms with E-state index in [2.05, 4.69) is 5.32 Å². The zero-order valence-electron chi connectivity index (χ0n) is 10.4. The van der Waals surface area contributed by atoms with E-state index in [-0.39, 0.29) is 5.91 Å². The van der Waals surface area contributed by atoms with Crippen molar-refractivity contribution in [3.05, 3.63) is 22.7 Å². The van der Waals surface area contributed by atoms with E-state index in [1.165, 1.54) is 14.0 Å². The van der Waals surface area contributed by atoms with Crippen molar-refractivity contribution in [1.82, 2.24) is 0 Å². The molecule has 5 heteroatoms. The van der Waals surface area contributed by atoms with Gasteiger partial charge in [0.05, 0.1) is 12.8 Å². The normalized spacial score (nSPS) is 11.2. The number of halogens is 1. The summed E-state index contributed by atoms with van der Waals surface area (Å²) in [6.07, 6.45) is 0. The average Bonchev–Trinajstić information content (AvgIpc) is 2.15. The third-order valence-corrected chi connectivity index (χ3v) is 2.60. The number of benzene rings is 1. The van der Waals surface area contributed by atoms with Crippen LogP contribution in [0.5, 0.6) is 5.75 Å². The SMILES string of the molecule is COc1ccc(Cl)c(C(C)(C)N)c1NC(C)=O. The van der Waals surface area contributed by atoms with Gasteiger partial charge in [-0.05, 0) is 26.0 Å². The minimum Gasteiger partial charge on any atom is -0.495 e. The molecule has 1 rings (SSSR count). The first-order valence-electron chi connectivity index (χ1n) is 5.20. The van der Waals surface area contributed by atoms with Crippen LogP contribution in [0.15, 0.2) is 12.1 Å². The van der Waals surface area contributed by atoms with Gasteiger partial charge in [0.15, 0.2) is 0 Å². The molecule has 0 saturated carbocycles. The number of hydrogen-bond donors (Lipinski definition) is 2. The van der Waals surface area contributed by atoms with Crippen molar-refractivity contribution in [1.29, 1.82) is 0 Å². The summed E-state index contributed by atoms with van der Waals surface area (Å²) in [5.41, 5.74) is 6.58. The number of hydrogen-bond acceptors (Lipinski definition) is 3. The number of amides is 1. The minimum atomic E-state index is -0.677. The second-order valence-electron chi connectivity index (χ2n) is 4.40. The second-order valence-corrected chi connectivity index (χ2v) is 4.81. The van der Waals surface area contributed by atoms with Crippen LogP contribution in [0.25, 0.3) is 0 Å². The van der Waals surface area contributed by atoms with Crippen molar-refractivity contribution in [2.75, 3.05) is 12.4 Å². The molecular formula is C12H17ClN2O2. The van der Waals surface area contributed by atoms with Gasteiger partial charge >= 0.3 is 0 Å². The number of anilines is 1. The summed E-state index contributed by atoms with van der Waals surface area (Å²) in [7, 11) is 1.53. The fraction of sp³-hybridized carbons (Fsp3) is 0.417. The van der Waals surface area contributed by atoms with E-state index in [1.807, 2.05) is 13.8 Å². The van der Waals surface area contributed by atoms with E-state index in [0.717, 1.165) is 0 Å². The first-order chi connectivity index (χ1) is 7.77. The standard InChI is InChI=1S/C12H17ClN2O2/c1-7(16)15-11-9(17-4)6-5-8(13)10(11)12(2,3)14/h5-6H,14H2,1-4H3,(H,15,16). The van der Waals surface area contributed by atoms with Crippen LogP contribution in [0.1, 0.15) is 26.3 Å². The zero-order valence-corrected chi connectivity index (χ0v) is 11.2. The summed E-state index contributed by atoms with van der Waals surface area (Å²) in [6, 6.07) is 3.40. The third kappa shape index (κ3) is 3.11. The lowest BCUT2D eigenvalue weighted by atomic mass is 9.93. The quantitative estimate of drug-likeness (QED) is 0.873. The maximum Gasteiger partial charge on any atom is 0.221 e. The van der Waals surface area contributed by atoms with Crippen LogP contribution >= 0.6 is 11.6 Å². The van der Waals surface area contributed by atoms with Crippen molar-refractivity contribution in [3.63, 3.8) is 0 Å². The molecule has 3 N–H and O–H groups in total. The van der Waals surface area contributed by atoms with E-state index in [1.54, 1.807) is 12.1 Å². The molecule has 17 heavy (non-hydrogen) atoms. The van der Waals surface area contributed by atoms with E-state index < -0.39 is 5.54 Å². The highest BCUT2D eigenvalue weighted by Crippen LogP contribution is 2.39. The van der Waals surface area contributed by atoms with Crippen LogP contribution in [-0.2, 0) is 10.3 Å². The van der Waals surface area contributed by atoms with E-state index in [4.69, 9.17) is 22.1 Å². The van der Waals surface area contributed by atoms with Crippen LogP contribution in [0.4, 0.5) is 5.69 Å². The van der Waals surface area contributed by atoms with Gasteiger partial charge < -0.3 is 15.8 Å². The van der Waals surface area contributed by atoms with Crippen molar-refractivity contribution >= 4 is 23.2 Å². The Bertz CT molecular complexity index is 439. The Morgan fingerprint density at radius 1 is 1.47 bits per heavy atom. The summed E-state index contributed by atoms with van der Waals surface area (Å²) in [6.45, 7) is 5.06. The lowest BCUT2D eigenvalue weighted by Gasteiger charge is -2.25. The van der Waals surface area contributed by atoms with Crippen LogP contribution < -0.4 is 15.8 Å². The maximum atomic E-state index is 11.2. The van der Waals surface area contributed by atoms with Gasteiger partial charge in [-0.2, -0.15) is 0 Å². The fourth-order valence-corrected chi connectivity index (χ4v) is 2.06. The Hall–Kier alpha value is -1.26. The summed E-state index contributed by atoms with van der Waals surface area (Å²) in [5, 5.41) is 3.21. The number of rotatable bonds is 3. The average molecular weight is 257 g/mol. The largest absolute Gasteiger partial charge is 0.495 e. The predicted octanol–water partition coefficient (Wildman–Crippen LogP) is 2.50. The molecule has 0 aromatic heterocycles. The van der Waals surface area contributed by atoms with Gasteiger partial charge in [-0.25, -0.2) is 0 Å². The van der Waals surface area contributed by atoms with Crippen molar-refractivity contribution < 1.29 is 9.53 Å². The number of carbonyl (C=O) groups is 1. The molecule has 0 heterocycles. The molecule has 0 aliphatic rings. The highest BCUT2D eigenvalue weighted by molar-refractivity contribution is 6.32. The van der Waals surface area contributed by atoms with E-state index >= 15 is 0 Å². The predicted molar refractivity (Wildman–Crippen MR) is 69.5 cm³/mol. The Morgan fingerprint density at radius 3 is 2.47 bits per heavy atom. The number of nitrogens with two attached hydrogens (primary N) is 1. The number of methoxy groups -OCH3 is 1. The Labute approximate surface area is 106 Å². The smallest absolute Gasteiger partial charge is 0.221 e. The first-order valence-corrected chi connectivity index (χ1v) is 5.58. The molecule has 0 aliphatic heterocycles. The number of nitrogens with one attached hydrogen (secondary N) is 1. The van der Waals surface area contributed by atoms with Crippen molar-refractivity contribution in [3.8, 4) is 5.75 Å². The maximum absolute atomic E-state index is 11.2. The summed E-state index contributed by atoms with van der Waals surface area (Å²) in [4.78, 5) is 11.2. The first kappa shape index (κ1) is 13.8. The van der Waals surface area contributed by atoms with Crippen molar-refractivity contribution in [2.45, 2.75) is 26.3 Å². The lowest BCUT2D eigenvalue weighted by molar-refractivity contribution is -0.114. The van der Waals surface area contributed by atoms with Gasteiger partial charge in [0.25, 0.3) is 0 Å². The number of carbonyl (C=O) groups excluding carboxylic acids is 1. The molecule has 0 radical (unpaired) electrons. The molecule has 0 atom stereocenters. The Balaban J connectivity index is 3.48. The van der Waals surface area contributed by atoms with Crippen LogP contribution in [0.2, 0.25) is 5.02 Å². The molecule has 0 fully saturated rings. The zero-order chi connectivity index (χ0) is 13.2. The topological polar surface area (TPSA) is 64.3 Å². The van der Waals surface area contributed by atoms with Crippen LogP contribution in [0.3, 0.4) is 0 Å². The molecule has 0 unspecified atom stereocenters. The molecule has 4 nitrogen and oxygen atoms in total. The van der Waals surface area contributed by atoms with Gasteiger partial charge in [0.2, 0.25) is 5.91 Å². The molecule has 1 aromatic rings. The Morgan fingerprint density at radius 2 is 2.06 bits per heavy atom. The molecular weight excluding hydrogens is 240 g/mol. The summed E-state index contributed by atoms with van der Waals surface area (Å²) < 4.78 is 5.21. The van der Waals surface area contributed by atoms with Gasteiger partial charge in [-0.3, -0.25) is 4.79 Å². The molecule has 1 aromatic carbocycles. The van der Waals surface area contributed by atoms with Crippen LogP contribution in [-0.4, -0.2) is 13.0 Å². The molecule has 0 bridgehead atoms. The molecule has 94 valence electrons. The molecule has 1 amide bonds. The minimum absolute atomic E-state index is 0.198. The Kier molecular flexibility index (Phi) is 4.01. The monoisotopic (exact) mass is 256 g/mol. The lowest BCUT2D eigenvalue weighted by Crippen LogP contribution is -2.31. The summed E-state index contributed by atoms with van der Waals surface area (Å²) >= 11 is 6.14. The van der Waals surface area contributed by atoms with Gasteiger partial charge in [0, 0.05) is 23.0 Å². The van der Waals surface area contributed by atoms with Crippen molar-refractivity contribution in [2.24, 2.45) is 5.73 Å². The third-order valence-electron chi connectivity index (χ3n) is 2.28. The molecule has 0 aliphatic carbocycles. The highest BCUT2D eigenvalue weighted by Gasteiger charge is 2.25. The molecule has 0 spiro atoms. The van der Waals surface area contributed by atoms with E-state index in [0.29, 0.717) is 22.0 Å².